The quantitative estimate of drug-likeness (QED) is 0.321. The molecule has 42 heavy (non-hydrogen) atoms. The zero-order valence-corrected chi connectivity index (χ0v) is 23.2. The van der Waals surface area contributed by atoms with Crippen LogP contribution in [0, 0.1) is 6.92 Å². The molecule has 11 nitrogen and oxygen atoms in total. The Morgan fingerprint density at radius 2 is 1.90 bits per heavy atom. The Bertz CT molecular complexity index is 1590. The number of halogens is 4. The van der Waals surface area contributed by atoms with Crippen LogP contribution in [0.4, 0.5) is 23.2 Å². The molecule has 5 rings (SSSR count). The molecule has 3 aromatic heterocycles. The van der Waals surface area contributed by atoms with E-state index < -0.39 is 18.3 Å². The van der Waals surface area contributed by atoms with Gasteiger partial charge in [-0.3, -0.25) is 4.79 Å². The van der Waals surface area contributed by atoms with Crippen LogP contribution in [0.15, 0.2) is 41.3 Å². The molecule has 0 saturated carbocycles. The zero-order chi connectivity index (χ0) is 30.8. The largest absolute Gasteiger partial charge is 0.490 e. The normalized spacial score (nSPS) is 15.4. The van der Waals surface area contributed by atoms with E-state index in [1.54, 1.807) is 4.52 Å². The number of aryl methyl sites for hydroxylation is 1. The van der Waals surface area contributed by atoms with Gasteiger partial charge in [0.2, 0.25) is 5.89 Å². The highest BCUT2D eigenvalue weighted by Gasteiger charge is 2.38. The lowest BCUT2D eigenvalue weighted by molar-refractivity contribution is -0.192. The van der Waals surface area contributed by atoms with E-state index in [4.69, 9.17) is 14.4 Å². The standard InChI is InChI=1S/C25H28FN7O2.C2HF3O2/c1-15-9-16(5-6-17(15)11-27-23(34)22-30-24(35-31-22)25(2,3)4)21-20-10-19(13-33(20)29-14-28-21)32-8-7-18(26)12-32;3-2(4,5)1(6)7/h5-6,9-10,13-14,18H,7-8,11-12H2,1-4H3,(H,27,34);(H,6,7). The first-order chi connectivity index (χ1) is 19.6. The van der Waals surface area contributed by atoms with Crippen LogP contribution < -0.4 is 10.2 Å². The van der Waals surface area contributed by atoms with Crippen LogP contribution in [0.3, 0.4) is 0 Å². The van der Waals surface area contributed by atoms with Gasteiger partial charge in [0.15, 0.2) is 0 Å². The number of anilines is 1. The molecular weight excluding hydrogens is 562 g/mol. The van der Waals surface area contributed by atoms with Gasteiger partial charge in [-0.05, 0) is 36.6 Å². The lowest BCUT2D eigenvalue weighted by atomic mass is 9.97. The number of aromatic nitrogens is 5. The second-order valence-corrected chi connectivity index (χ2v) is 10.8. The van der Waals surface area contributed by atoms with Crippen molar-refractivity contribution in [2.75, 3.05) is 18.0 Å². The SMILES string of the molecule is Cc1cc(-c2ncnn3cc(N4CCC(F)C4)cc23)ccc1CNC(=O)c1noc(C(C)(C)C)n1.O=C(O)C(F)(F)F. The van der Waals surface area contributed by atoms with Crippen molar-refractivity contribution in [3.8, 4) is 11.3 Å². The summed E-state index contributed by atoms with van der Waals surface area (Å²) in [5.74, 6) is -2.70. The molecule has 224 valence electrons. The van der Waals surface area contributed by atoms with Gasteiger partial charge in [0.25, 0.3) is 11.7 Å². The molecule has 1 unspecified atom stereocenters. The highest BCUT2D eigenvalue weighted by Crippen LogP contribution is 2.30. The Morgan fingerprint density at radius 3 is 2.48 bits per heavy atom. The molecule has 1 fully saturated rings. The van der Waals surface area contributed by atoms with E-state index >= 15 is 0 Å². The summed E-state index contributed by atoms with van der Waals surface area (Å²) < 4.78 is 52.4. The molecule has 0 spiro atoms. The van der Waals surface area contributed by atoms with Gasteiger partial charge in [0.1, 0.15) is 12.5 Å². The third-order valence-corrected chi connectivity index (χ3v) is 6.46. The predicted molar refractivity (Wildman–Crippen MR) is 143 cm³/mol. The van der Waals surface area contributed by atoms with E-state index in [-0.39, 0.29) is 17.1 Å². The van der Waals surface area contributed by atoms with Gasteiger partial charge in [-0.1, -0.05) is 38.1 Å². The number of nitrogens with zero attached hydrogens (tertiary/aromatic N) is 6. The minimum Gasteiger partial charge on any atom is -0.475 e. The molecule has 4 aromatic rings. The van der Waals surface area contributed by atoms with Crippen molar-refractivity contribution in [2.45, 2.75) is 58.4 Å². The first kappa shape index (κ1) is 30.4. The molecular formula is C27H29F4N7O4. The maximum absolute atomic E-state index is 13.7. The van der Waals surface area contributed by atoms with Crippen LogP contribution in [0.1, 0.15) is 54.8 Å². The van der Waals surface area contributed by atoms with Crippen molar-refractivity contribution in [1.82, 2.24) is 30.1 Å². The molecule has 1 saturated heterocycles. The highest BCUT2D eigenvalue weighted by atomic mass is 19.4. The summed E-state index contributed by atoms with van der Waals surface area (Å²) >= 11 is 0. The maximum atomic E-state index is 13.7. The highest BCUT2D eigenvalue weighted by molar-refractivity contribution is 5.90. The number of benzene rings is 1. The van der Waals surface area contributed by atoms with Crippen LogP contribution >= 0.6 is 0 Å². The number of hydrogen-bond donors (Lipinski definition) is 2. The Morgan fingerprint density at radius 1 is 1.19 bits per heavy atom. The molecule has 1 amide bonds. The second kappa shape index (κ2) is 11.7. The lowest BCUT2D eigenvalue weighted by Crippen LogP contribution is -2.24. The van der Waals surface area contributed by atoms with E-state index in [0.29, 0.717) is 31.9 Å². The van der Waals surface area contributed by atoms with Crippen LogP contribution in [-0.2, 0) is 16.8 Å². The van der Waals surface area contributed by atoms with Gasteiger partial charge in [-0.15, -0.1) is 0 Å². The van der Waals surface area contributed by atoms with Crippen molar-refractivity contribution >= 4 is 23.1 Å². The molecule has 1 aromatic carbocycles. The molecule has 15 heteroatoms. The predicted octanol–water partition coefficient (Wildman–Crippen LogP) is 4.50. The van der Waals surface area contributed by atoms with Crippen molar-refractivity contribution in [3.05, 3.63) is 59.6 Å². The molecule has 0 bridgehead atoms. The Kier molecular flexibility index (Phi) is 8.50. The van der Waals surface area contributed by atoms with Gasteiger partial charge in [0, 0.05) is 30.6 Å². The van der Waals surface area contributed by atoms with E-state index in [0.717, 1.165) is 33.6 Å². The molecule has 4 heterocycles. The number of aliphatic carboxylic acids is 1. The fourth-order valence-corrected chi connectivity index (χ4v) is 4.18. The molecule has 1 atom stereocenters. The number of rotatable bonds is 5. The van der Waals surface area contributed by atoms with Gasteiger partial charge in [-0.25, -0.2) is 18.7 Å². The second-order valence-electron chi connectivity index (χ2n) is 10.8. The van der Waals surface area contributed by atoms with Gasteiger partial charge < -0.3 is 19.8 Å². The number of carbonyl (C=O) groups is 2. The number of carboxylic acids is 1. The monoisotopic (exact) mass is 591 g/mol. The number of carbonyl (C=O) groups excluding carboxylic acids is 1. The third kappa shape index (κ3) is 7.01. The summed E-state index contributed by atoms with van der Waals surface area (Å²) in [6.07, 6.45) is -1.89. The van der Waals surface area contributed by atoms with Gasteiger partial charge >= 0.3 is 12.1 Å². The third-order valence-electron chi connectivity index (χ3n) is 6.46. The first-order valence-corrected chi connectivity index (χ1v) is 12.9. The number of fused-ring (bicyclic) bond motifs is 1. The molecule has 0 aliphatic carbocycles. The number of hydrogen-bond acceptors (Lipinski definition) is 8. The number of carboxylic acid groups (broad SMARTS) is 1. The Balaban J connectivity index is 0.000000517. The maximum Gasteiger partial charge on any atom is 0.490 e. The van der Waals surface area contributed by atoms with Gasteiger partial charge in [0.05, 0.1) is 23.1 Å². The average molecular weight is 592 g/mol. The average Bonchev–Trinajstić information content (AvgIpc) is 3.66. The zero-order valence-electron chi connectivity index (χ0n) is 23.2. The summed E-state index contributed by atoms with van der Waals surface area (Å²) in [4.78, 5) is 32.1. The van der Waals surface area contributed by atoms with Crippen molar-refractivity contribution in [3.63, 3.8) is 0 Å². The summed E-state index contributed by atoms with van der Waals surface area (Å²) in [6.45, 7) is 9.25. The van der Waals surface area contributed by atoms with E-state index in [9.17, 15) is 22.4 Å². The number of nitrogens with one attached hydrogen (secondary N) is 1. The minimum absolute atomic E-state index is 0.0219. The fraction of sp³-hybridized carbons (Fsp3) is 0.407. The smallest absolute Gasteiger partial charge is 0.475 e. The van der Waals surface area contributed by atoms with Crippen molar-refractivity contribution in [2.24, 2.45) is 0 Å². The van der Waals surface area contributed by atoms with Crippen LogP contribution in [-0.4, -0.2) is 67.2 Å². The summed E-state index contributed by atoms with van der Waals surface area (Å²) in [5.41, 5.74) is 5.18. The van der Waals surface area contributed by atoms with Crippen molar-refractivity contribution < 1.29 is 36.8 Å². The van der Waals surface area contributed by atoms with E-state index in [1.165, 1.54) is 6.33 Å². The van der Waals surface area contributed by atoms with Crippen LogP contribution in [0.25, 0.3) is 16.8 Å². The lowest BCUT2D eigenvalue weighted by Gasteiger charge is -2.14. The fourth-order valence-electron chi connectivity index (χ4n) is 4.18. The van der Waals surface area contributed by atoms with Crippen LogP contribution in [0.5, 0.6) is 0 Å². The minimum atomic E-state index is -5.08. The Labute approximate surface area is 237 Å². The molecule has 1 aliphatic rings. The molecule has 0 radical (unpaired) electrons. The van der Waals surface area contributed by atoms with E-state index in [1.807, 2.05) is 63.1 Å². The first-order valence-electron chi connectivity index (χ1n) is 12.9. The number of amides is 1. The van der Waals surface area contributed by atoms with Gasteiger partial charge in [-0.2, -0.15) is 23.3 Å². The van der Waals surface area contributed by atoms with Crippen molar-refractivity contribution in [1.29, 1.82) is 0 Å². The van der Waals surface area contributed by atoms with E-state index in [2.05, 4.69) is 25.5 Å². The number of alkyl halides is 4. The molecule has 1 aliphatic heterocycles. The Hall–Kier alpha value is -4.56. The van der Waals surface area contributed by atoms with Crippen LogP contribution in [0.2, 0.25) is 0 Å². The summed E-state index contributed by atoms with van der Waals surface area (Å²) in [5, 5.41) is 18.1. The summed E-state index contributed by atoms with van der Waals surface area (Å²) in [6, 6.07) is 7.99. The molecule has 2 N–H and O–H groups in total. The summed E-state index contributed by atoms with van der Waals surface area (Å²) in [7, 11) is 0. The topological polar surface area (TPSA) is 139 Å².